The Hall–Kier alpha value is -1.43. The third-order valence-electron chi connectivity index (χ3n) is 3.45. The number of hydrogen-bond acceptors (Lipinski definition) is 5. The van der Waals surface area contributed by atoms with Crippen LogP contribution in [0.25, 0.3) is 21.3 Å². The lowest BCUT2D eigenvalue weighted by atomic mass is 10.2. The van der Waals surface area contributed by atoms with Crippen LogP contribution in [0.5, 0.6) is 0 Å². The Morgan fingerprint density at radius 3 is 2.80 bits per heavy atom. The normalized spacial score (nSPS) is 16.1. The number of ether oxygens (including phenoxy) is 1. The molecule has 1 aliphatic rings. The molecule has 1 aliphatic heterocycles. The van der Waals surface area contributed by atoms with Gasteiger partial charge in [0.15, 0.2) is 5.13 Å². The summed E-state index contributed by atoms with van der Waals surface area (Å²) < 4.78 is 5.38. The van der Waals surface area contributed by atoms with Gasteiger partial charge >= 0.3 is 0 Å². The highest BCUT2D eigenvalue weighted by Crippen LogP contribution is 2.35. The summed E-state index contributed by atoms with van der Waals surface area (Å²) in [7, 11) is 0. The van der Waals surface area contributed by atoms with Crippen molar-refractivity contribution in [3.63, 3.8) is 0 Å². The predicted octanol–water partition coefficient (Wildman–Crippen LogP) is 3.33. The molecule has 0 unspecified atom stereocenters. The Kier molecular flexibility index (Phi) is 2.98. The minimum atomic E-state index is 0.696. The van der Waals surface area contributed by atoms with Gasteiger partial charge in [-0.15, -0.1) is 0 Å². The molecule has 20 heavy (non-hydrogen) atoms. The van der Waals surface area contributed by atoms with Gasteiger partial charge in [-0.05, 0) is 6.07 Å². The van der Waals surface area contributed by atoms with Gasteiger partial charge in [-0.3, -0.25) is 0 Å². The van der Waals surface area contributed by atoms with Crippen molar-refractivity contribution < 1.29 is 4.74 Å². The number of fused-ring (bicyclic) bond motifs is 2. The van der Waals surface area contributed by atoms with E-state index in [9.17, 15) is 0 Å². The fourth-order valence-corrected chi connectivity index (χ4v) is 3.76. The van der Waals surface area contributed by atoms with E-state index in [4.69, 9.17) is 16.3 Å². The summed E-state index contributed by atoms with van der Waals surface area (Å²) in [6, 6.07) is 7.91. The standard InChI is InChI=1S/C14H12ClN3OS/c15-11-9-3-1-2-4-10(9)16-13-12(11)17-14(20-13)18-5-7-19-8-6-18/h1-4H,5-8H2. The van der Waals surface area contributed by atoms with Crippen LogP contribution >= 0.6 is 22.9 Å². The number of halogens is 1. The van der Waals surface area contributed by atoms with Crippen LogP contribution in [0, 0.1) is 0 Å². The van der Waals surface area contributed by atoms with Gasteiger partial charge < -0.3 is 9.64 Å². The van der Waals surface area contributed by atoms with Crippen molar-refractivity contribution in [2.45, 2.75) is 0 Å². The molecule has 0 saturated carbocycles. The van der Waals surface area contributed by atoms with Gasteiger partial charge in [-0.2, -0.15) is 0 Å². The summed E-state index contributed by atoms with van der Waals surface area (Å²) in [5.74, 6) is 0. The fraction of sp³-hybridized carbons (Fsp3) is 0.286. The molecule has 1 saturated heterocycles. The second kappa shape index (κ2) is 4.84. The van der Waals surface area contributed by atoms with Crippen molar-refractivity contribution in [2.75, 3.05) is 31.2 Å². The molecule has 0 atom stereocenters. The molecular formula is C14H12ClN3OS. The lowest BCUT2D eigenvalue weighted by molar-refractivity contribution is 0.122. The third kappa shape index (κ3) is 1.93. The number of hydrogen-bond donors (Lipinski definition) is 0. The highest BCUT2D eigenvalue weighted by Gasteiger charge is 2.18. The number of rotatable bonds is 1. The van der Waals surface area contributed by atoms with Gasteiger partial charge in [0.2, 0.25) is 0 Å². The SMILES string of the molecule is Clc1c2ccccc2nc2sc(N3CCOCC3)nc12. The van der Waals surface area contributed by atoms with Crippen LogP contribution in [0.4, 0.5) is 5.13 Å². The first-order valence-electron chi connectivity index (χ1n) is 6.50. The zero-order valence-corrected chi connectivity index (χ0v) is 12.2. The summed E-state index contributed by atoms with van der Waals surface area (Å²) >= 11 is 8.08. The Bertz CT molecular complexity index is 783. The number of para-hydroxylation sites is 1. The van der Waals surface area contributed by atoms with Crippen molar-refractivity contribution in [3.05, 3.63) is 29.3 Å². The molecule has 6 heteroatoms. The van der Waals surface area contributed by atoms with Crippen LogP contribution in [0.1, 0.15) is 0 Å². The fourth-order valence-electron chi connectivity index (χ4n) is 2.40. The first-order chi connectivity index (χ1) is 9.83. The Balaban J connectivity index is 1.89. The van der Waals surface area contributed by atoms with Gasteiger partial charge in [0.1, 0.15) is 10.3 Å². The van der Waals surface area contributed by atoms with Crippen molar-refractivity contribution >= 4 is 49.3 Å². The quantitative estimate of drug-likeness (QED) is 0.691. The highest BCUT2D eigenvalue weighted by molar-refractivity contribution is 7.22. The number of morpholine rings is 1. The summed E-state index contributed by atoms with van der Waals surface area (Å²) in [5, 5.41) is 2.63. The van der Waals surface area contributed by atoms with Crippen LogP contribution in [-0.4, -0.2) is 36.3 Å². The van der Waals surface area contributed by atoms with E-state index >= 15 is 0 Å². The van der Waals surface area contributed by atoms with Crippen molar-refractivity contribution in [1.29, 1.82) is 0 Å². The molecule has 0 spiro atoms. The molecule has 0 aliphatic carbocycles. The topological polar surface area (TPSA) is 38.2 Å². The third-order valence-corrected chi connectivity index (χ3v) is 4.84. The van der Waals surface area contributed by atoms with Gasteiger partial charge in [0.05, 0.1) is 23.8 Å². The molecule has 1 aromatic carbocycles. The number of pyridine rings is 1. The average molecular weight is 306 g/mol. The van der Waals surface area contributed by atoms with Gasteiger partial charge in [0.25, 0.3) is 0 Å². The van der Waals surface area contributed by atoms with Crippen LogP contribution in [0.3, 0.4) is 0 Å². The van der Waals surface area contributed by atoms with E-state index in [0.717, 1.165) is 52.7 Å². The molecular weight excluding hydrogens is 294 g/mol. The predicted molar refractivity (Wildman–Crippen MR) is 83.0 cm³/mol. The zero-order valence-electron chi connectivity index (χ0n) is 10.7. The first kappa shape index (κ1) is 12.3. The van der Waals surface area contributed by atoms with Gasteiger partial charge in [-0.1, -0.05) is 41.1 Å². The minimum Gasteiger partial charge on any atom is -0.378 e. The molecule has 4 rings (SSSR count). The van der Waals surface area contributed by atoms with E-state index in [1.807, 2.05) is 24.3 Å². The van der Waals surface area contributed by atoms with Gasteiger partial charge in [-0.25, -0.2) is 9.97 Å². The van der Waals surface area contributed by atoms with Crippen LogP contribution in [-0.2, 0) is 4.74 Å². The Morgan fingerprint density at radius 2 is 1.95 bits per heavy atom. The monoisotopic (exact) mass is 305 g/mol. The Labute approximate surface area is 125 Å². The van der Waals surface area contributed by atoms with E-state index in [1.165, 1.54) is 0 Å². The number of nitrogens with zero attached hydrogens (tertiary/aromatic N) is 3. The second-order valence-corrected chi connectivity index (χ2v) is 6.03. The molecule has 102 valence electrons. The highest BCUT2D eigenvalue weighted by atomic mass is 35.5. The number of anilines is 1. The summed E-state index contributed by atoms with van der Waals surface area (Å²) in [5.41, 5.74) is 1.72. The molecule has 0 radical (unpaired) electrons. The molecule has 3 aromatic rings. The van der Waals surface area contributed by atoms with Crippen LogP contribution < -0.4 is 4.90 Å². The van der Waals surface area contributed by atoms with Crippen LogP contribution in [0.15, 0.2) is 24.3 Å². The van der Waals surface area contributed by atoms with Crippen LogP contribution in [0.2, 0.25) is 5.02 Å². The molecule has 2 aromatic heterocycles. The maximum absolute atomic E-state index is 6.49. The second-order valence-electron chi connectivity index (χ2n) is 4.69. The van der Waals surface area contributed by atoms with E-state index in [2.05, 4.69) is 14.9 Å². The molecule has 0 amide bonds. The molecule has 1 fully saturated rings. The van der Waals surface area contributed by atoms with Gasteiger partial charge in [0, 0.05) is 18.5 Å². The Morgan fingerprint density at radius 1 is 1.15 bits per heavy atom. The molecule has 0 bridgehead atoms. The van der Waals surface area contributed by atoms with E-state index in [0.29, 0.717) is 5.02 Å². The minimum absolute atomic E-state index is 0.696. The van der Waals surface area contributed by atoms with Crippen molar-refractivity contribution in [1.82, 2.24) is 9.97 Å². The lowest BCUT2D eigenvalue weighted by Gasteiger charge is -2.25. The summed E-state index contributed by atoms with van der Waals surface area (Å²) in [6.07, 6.45) is 0. The zero-order chi connectivity index (χ0) is 13.5. The smallest absolute Gasteiger partial charge is 0.188 e. The van der Waals surface area contributed by atoms with E-state index in [1.54, 1.807) is 11.3 Å². The summed E-state index contributed by atoms with van der Waals surface area (Å²) in [4.78, 5) is 12.5. The molecule has 4 nitrogen and oxygen atoms in total. The molecule has 3 heterocycles. The van der Waals surface area contributed by atoms with Crippen molar-refractivity contribution in [3.8, 4) is 0 Å². The summed E-state index contributed by atoms with van der Waals surface area (Å²) in [6.45, 7) is 3.24. The number of benzene rings is 1. The maximum Gasteiger partial charge on any atom is 0.188 e. The number of aromatic nitrogens is 2. The largest absolute Gasteiger partial charge is 0.378 e. The first-order valence-corrected chi connectivity index (χ1v) is 7.70. The molecule has 0 N–H and O–H groups in total. The average Bonchev–Trinajstić information content (AvgIpc) is 2.93. The lowest BCUT2D eigenvalue weighted by Crippen LogP contribution is -2.36. The van der Waals surface area contributed by atoms with E-state index < -0.39 is 0 Å². The van der Waals surface area contributed by atoms with E-state index in [-0.39, 0.29) is 0 Å². The maximum atomic E-state index is 6.49. The van der Waals surface area contributed by atoms with Crippen molar-refractivity contribution in [2.24, 2.45) is 0 Å². The number of thiazole rings is 1.